The van der Waals surface area contributed by atoms with Crippen LogP contribution >= 0.6 is 10.7 Å². The van der Waals surface area contributed by atoms with Gasteiger partial charge in [0, 0.05) is 16.2 Å². The van der Waals surface area contributed by atoms with Gasteiger partial charge >= 0.3 is 0 Å². The van der Waals surface area contributed by atoms with E-state index in [2.05, 4.69) is 4.72 Å². The largest absolute Gasteiger partial charge is 0.234 e. The first-order valence-corrected chi connectivity index (χ1v) is 7.70. The average molecular weight is 250 g/mol. The van der Waals surface area contributed by atoms with E-state index in [0.717, 1.165) is 6.26 Å². The third-order valence-corrected chi connectivity index (χ3v) is 3.31. The lowest BCUT2D eigenvalue weighted by Gasteiger charge is -2.22. The van der Waals surface area contributed by atoms with E-state index in [9.17, 15) is 16.8 Å². The third-order valence-electron chi connectivity index (χ3n) is 0.995. The molecular weight excluding hydrogens is 238 g/mol. The SMILES string of the molecule is CC(C)(CS(=O)(=O)Cl)NS(C)(=O)=O. The third kappa shape index (κ3) is 8.48. The molecule has 0 saturated carbocycles. The highest BCUT2D eigenvalue weighted by Gasteiger charge is 2.27. The van der Waals surface area contributed by atoms with Crippen molar-refractivity contribution in [2.45, 2.75) is 19.4 Å². The molecule has 0 heterocycles. The van der Waals surface area contributed by atoms with Gasteiger partial charge in [-0.05, 0) is 13.8 Å². The highest BCUT2D eigenvalue weighted by molar-refractivity contribution is 8.13. The Labute approximate surface area is 82.9 Å². The van der Waals surface area contributed by atoms with Gasteiger partial charge in [0.25, 0.3) is 0 Å². The van der Waals surface area contributed by atoms with Crippen molar-refractivity contribution in [2.75, 3.05) is 12.0 Å². The zero-order valence-electron chi connectivity index (χ0n) is 7.53. The summed E-state index contributed by atoms with van der Waals surface area (Å²) in [6.45, 7) is 2.88. The molecule has 0 aromatic heterocycles. The second-order valence-corrected chi connectivity index (χ2v) is 7.97. The molecule has 0 unspecified atom stereocenters. The highest BCUT2D eigenvalue weighted by atomic mass is 35.7. The Hall–Kier alpha value is 0.150. The maximum atomic E-state index is 10.8. The minimum atomic E-state index is -3.71. The molecule has 0 aliphatic heterocycles. The van der Waals surface area contributed by atoms with Crippen molar-refractivity contribution in [1.82, 2.24) is 4.72 Å². The van der Waals surface area contributed by atoms with E-state index >= 15 is 0 Å². The van der Waals surface area contributed by atoms with Crippen molar-refractivity contribution in [2.24, 2.45) is 0 Å². The predicted molar refractivity (Wildman–Crippen MR) is 51.7 cm³/mol. The normalized spacial score (nSPS) is 14.5. The lowest BCUT2D eigenvalue weighted by Crippen LogP contribution is -2.47. The van der Waals surface area contributed by atoms with E-state index in [1.807, 2.05) is 0 Å². The molecule has 0 aliphatic carbocycles. The maximum Gasteiger partial charge on any atom is 0.234 e. The summed E-state index contributed by atoms with van der Waals surface area (Å²) in [5, 5.41) is 0. The summed E-state index contributed by atoms with van der Waals surface area (Å²) in [4.78, 5) is 0. The Kier molecular flexibility index (Phi) is 3.76. The first-order chi connectivity index (χ1) is 5.41. The Bertz CT molecular complexity index is 333. The van der Waals surface area contributed by atoms with Crippen LogP contribution in [0, 0.1) is 0 Å². The van der Waals surface area contributed by atoms with Crippen molar-refractivity contribution in [3.8, 4) is 0 Å². The van der Waals surface area contributed by atoms with Crippen LogP contribution in [0.15, 0.2) is 0 Å². The summed E-state index contributed by atoms with van der Waals surface area (Å²) < 4.78 is 45.1. The molecule has 0 saturated heterocycles. The second-order valence-electron chi connectivity index (χ2n) is 3.44. The van der Waals surface area contributed by atoms with E-state index < -0.39 is 30.4 Å². The van der Waals surface area contributed by atoms with E-state index in [-0.39, 0.29) is 0 Å². The monoisotopic (exact) mass is 249 g/mol. The minimum Gasteiger partial charge on any atom is -0.213 e. The van der Waals surface area contributed by atoms with Crippen molar-refractivity contribution in [3.05, 3.63) is 0 Å². The van der Waals surface area contributed by atoms with Crippen LogP contribution in [0.3, 0.4) is 0 Å². The summed E-state index contributed by atoms with van der Waals surface area (Å²) in [6, 6.07) is 0. The van der Waals surface area contributed by atoms with Crippen molar-refractivity contribution >= 4 is 29.8 Å². The highest BCUT2D eigenvalue weighted by Crippen LogP contribution is 2.10. The average Bonchev–Trinajstić information content (AvgIpc) is 1.43. The number of halogens is 1. The zero-order valence-corrected chi connectivity index (χ0v) is 9.92. The van der Waals surface area contributed by atoms with Crippen molar-refractivity contribution in [1.29, 1.82) is 0 Å². The molecule has 0 rings (SSSR count). The van der Waals surface area contributed by atoms with Gasteiger partial charge in [-0.1, -0.05) is 0 Å². The fourth-order valence-electron chi connectivity index (χ4n) is 0.962. The van der Waals surface area contributed by atoms with Crippen molar-refractivity contribution in [3.63, 3.8) is 0 Å². The van der Waals surface area contributed by atoms with Gasteiger partial charge in [-0.3, -0.25) is 0 Å². The molecule has 5 nitrogen and oxygen atoms in total. The first-order valence-electron chi connectivity index (χ1n) is 3.33. The smallest absolute Gasteiger partial charge is 0.213 e. The molecule has 0 radical (unpaired) electrons. The van der Waals surface area contributed by atoms with Crippen LogP contribution in [0.5, 0.6) is 0 Å². The quantitative estimate of drug-likeness (QED) is 0.705. The molecule has 0 atom stereocenters. The molecule has 0 aliphatic rings. The van der Waals surface area contributed by atoms with Gasteiger partial charge in [-0.15, -0.1) is 0 Å². The topological polar surface area (TPSA) is 80.3 Å². The molecule has 8 heteroatoms. The van der Waals surface area contributed by atoms with E-state index in [1.54, 1.807) is 0 Å². The molecular formula is C5H12ClNO4S2. The van der Waals surface area contributed by atoms with Gasteiger partial charge in [0.15, 0.2) is 0 Å². The van der Waals surface area contributed by atoms with Gasteiger partial charge in [0.1, 0.15) is 0 Å². The standard InChI is InChI=1S/C5H12ClNO4S2/c1-5(2,4-13(6,10)11)7-12(3,8)9/h7H,4H2,1-3H3. The number of hydrogen-bond acceptors (Lipinski definition) is 4. The number of nitrogens with one attached hydrogen (secondary N) is 1. The summed E-state index contributed by atoms with van der Waals surface area (Å²) in [6.07, 6.45) is 0.954. The summed E-state index contributed by atoms with van der Waals surface area (Å²) >= 11 is 0. The van der Waals surface area contributed by atoms with Crippen LogP contribution in [-0.4, -0.2) is 34.4 Å². The van der Waals surface area contributed by atoms with Crippen LogP contribution in [0.4, 0.5) is 0 Å². The number of hydrogen-bond donors (Lipinski definition) is 1. The Morgan fingerprint density at radius 3 is 1.85 bits per heavy atom. The molecule has 1 N–H and O–H groups in total. The van der Waals surface area contributed by atoms with Gasteiger partial charge in [0.05, 0.1) is 12.0 Å². The molecule has 0 bridgehead atoms. The molecule has 0 amide bonds. The Morgan fingerprint density at radius 1 is 1.23 bits per heavy atom. The zero-order chi connectivity index (χ0) is 10.9. The summed E-state index contributed by atoms with van der Waals surface area (Å²) in [7, 11) is -2.15. The van der Waals surface area contributed by atoms with E-state index in [4.69, 9.17) is 10.7 Å². The molecule has 13 heavy (non-hydrogen) atoms. The summed E-state index contributed by atoms with van der Waals surface area (Å²) in [5.74, 6) is -0.450. The minimum absolute atomic E-state index is 0.450. The first kappa shape index (κ1) is 13.2. The molecule has 0 fully saturated rings. The summed E-state index contributed by atoms with van der Waals surface area (Å²) in [5.41, 5.74) is -1.09. The number of sulfonamides is 1. The molecule has 0 aromatic carbocycles. The van der Waals surface area contributed by atoms with Gasteiger partial charge in [-0.25, -0.2) is 21.6 Å². The van der Waals surface area contributed by atoms with Crippen LogP contribution < -0.4 is 4.72 Å². The van der Waals surface area contributed by atoms with E-state index in [1.165, 1.54) is 13.8 Å². The Morgan fingerprint density at radius 2 is 1.62 bits per heavy atom. The predicted octanol–water partition coefficient (Wildman–Crippen LogP) is -0.117. The lowest BCUT2D eigenvalue weighted by molar-refractivity contribution is 0.491. The van der Waals surface area contributed by atoms with E-state index in [0.29, 0.717) is 0 Å². The number of rotatable bonds is 4. The fourth-order valence-corrected chi connectivity index (χ4v) is 3.88. The molecule has 0 aromatic rings. The van der Waals surface area contributed by atoms with Crippen molar-refractivity contribution < 1.29 is 16.8 Å². The van der Waals surface area contributed by atoms with Crippen LogP contribution in [0.2, 0.25) is 0 Å². The molecule has 80 valence electrons. The van der Waals surface area contributed by atoms with Crippen LogP contribution in [0.1, 0.15) is 13.8 Å². The maximum absolute atomic E-state index is 10.8. The van der Waals surface area contributed by atoms with Crippen LogP contribution in [0.25, 0.3) is 0 Å². The second kappa shape index (κ2) is 3.72. The van der Waals surface area contributed by atoms with Gasteiger partial charge in [-0.2, -0.15) is 0 Å². The lowest BCUT2D eigenvalue weighted by atomic mass is 10.1. The molecule has 0 spiro atoms. The van der Waals surface area contributed by atoms with Crippen LogP contribution in [-0.2, 0) is 19.1 Å². The van der Waals surface area contributed by atoms with Gasteiger partial charge < -0.3 is 0 Å². The fraction of sp³-hybridized carbons (Fsp3) is 1.00. The van der Waals surface area contributed by atoms with Gasteiger partial charge in [0.2, 0.25) is 19.1 Å². The Balaban J connectivity index is 4.62.